The normalized spacial score (nSPS) is 9.62. The van der Waals surface area contributed by atoms with Crippen LogP contribution in [0.25, 0.3) is 0 Å². The molecule has 1 aromatic carbocycles. The zero-order valence-corrected chi connectivity index (χ0v) is 8.34. The van der Waals surface area contributed by atoms with Crippen molar-refractivity contribution in [1.82, 2.24) is 0 Å². The summed E-state index contributed by atoms with van der Waals surface area (Å²) in [6.45, 7) is 0.460. The molecule has 0 N–H and O–H groups in total. The lowest BCUT2D eigenvalue weighted by molar-refractivity contribution is -0.108. The van der Waals surface area contributed by atoms with E-state index in [9.17, 15) is 4.79 Å². The molecule has 13 heavy (non-hydrogen) atoms. The number of carbonyl (C=O) groups excluding carboxylic acids is 1. The van der Waals surface area contributed by atoms with Crippen molar-refractivity contribution in [3.8, 4) is 5.75 Å². The van der Waals surface area contributed by atoms with Gasteiger partial charge in [-0.2, -0.15) is 0 Å². The van der Waals surface area contributed by atoms with Crippen molar-refractivity contribution < 1.29 is 9.53 Å². The van der Waals surface area contributed by atoms with Gasteiger partial charge >= 0.3 is 0 Å². The lowest BCUT2D eigenvalue weighted by Crippen LogP contribution is -1.96. The van der Waals surface area contributed by atoms with Gasteiger partial charge in [0, 0.05) is 11.3 Å². The van der Waals surface area contributed by atoms with Gasteiger partial charge in [-0.25, -0.2) is 0 Å². The van der Waals surface area contributed by atoms with Gasteiger partial charge in [0.15, 0.2) is 0 Å². The molecule has 0 aliphatic rings. The number of hydrogen-bond acceptors (Lipinski definition) is 3. The van der Waals surface area contributed by atoms with Crippen LogP contribution in [0, 0.1) is 0 Å². The summed E-state index contributed by atoms with van der Waals surface area (Å²) in [7, 11) is 0. The molecule has 70 valence electrons. The molecule has 0 saturated carbocycles. The second kappa shape index (κ2) is 5.65. The minimum Gasteiger partial charge on any atom is -0.493 e. The van der Waals surface area contributed by atoms with E-state index in [4.69, 9.17) is 4.74 Å². The predicted molar refractivity (Wildman–Crippen MR) is 54.4 cm³/mol. The molecule has 1 aromatic rings. The quantitative estimate of drug-likeness (QED) is 0.411. The van der Waals surface area contributed by atoms with Crippen LogP contribution in [-0.2, 0) is 4.79 Å². The molecular weight excluding hydrogens is 184 g/mol. The highest BCUT2D eigenvalue weighted by Gasteiger charge is 1.93. The average molecular weight is 196 g/mol. The van der Waals surface area contributed by atoms with Crippen molar-refractivity contribution >= 4 is 18.0 Å². The van der Waals surface area contributed by atoms with E-state index in [-0.39, 0.29) is 0 Å². The van der Waals surface area contributed by atoms with Gasteiger partial charge in [-0.05, 0) is 30.5 Å². The SMILES string of the molecule is CSc1ccc(OCCC=O)cc1. The lowest BCUT2D eigenvalue weighted by atomic mass is 10.3. The van der Waals surface area contributed by atoms with Gasteiger partial charge in [-0.3, -0.25) is 0 Å². The second-order valence-corrected chi connectivity index (χ2v) is 3.36. The van der Waals surface area contributed by atoms with E-state index in [0.29, 0.717) is 13.0 Å². The molecule has 0 saturated heterocycles. The maximum absolute atomic E-state index is 10.0. The summed E-state index contributed by atoms with van der Waals surface area (Å²) in [5.74, 6) is 0.819. The van der Waals surface area contributed by atoms with Crippen molar-refractivity contribution in [2.45, 2.75) is 11.3 Å². The number of carbonyl (C=O) groups is 1. The third-order valence-corrected chi connectivity index (χ3v) is 2.31. The van der Waals surface area contributed by atoms with Gasteiger partial charge in [-0.1, -0.05) is 0 Å². The Kier molecular flexibility index (Phi) is 4.40. The highest BCUT2D eigenvalue weighted by molar-refractivity contribution is 7.98. The second-order valence-electron chi connectivity index (χ2n) is 2.48. The number of thioether (sulfide) groups is 1. The maximum Gasteiger partial charge on any atom is 0.123 e. The topological polar surface area (TPSA) is 26.3 Å². The Morgan fingerprint density at radius 2 is 2.08 bits per heavy atom. The third kappa shape index (κ3) is 3.51. The first-order chi connectivity index (χ1) is 6.36. The summed E-state index contributed by atoms with van der Waals surface area (Å²) >= 11 is 1.69. The van der Waals surface area contributed by atoms with Crippen molar-refractivity contribution in [2.75, 3.05) is 12.9 Å². The van der Waals surface area contributed by atoms with Crippen LogP contribution in [0.15, 0.2) is 29.2 Å². The lowest BCUT2D eigenvalue weighted by Gasteiger charge is -2.03. The largest absolute Gasteiger partial charge is 0.493 e. The molecule has 0 bridgehead atoms. The van der Waals surface area contributed by atoms with Crippen molar-refractivity contribution in [3.63, 3.8) is 0 Å². The Hall–Kier alpha value is -0.960. The number of rotatable bonds is 5. The molecule has 0 radical (unpaired) electrons. The molecule has 3 heteroatoms. The molecule has 0 aliphatic carbocycles. The molecule has 0 spiro atoms. The van der Waals surface area contributed by atoms with Crippen LogP contribution >= 0.6 is 11.8 Å². The highest BCUT2D eigenvalue weighted by Crippen LogP contribution is 2.18. The highest BCUT2D eigenvalue weighted by atomic mass is 32.2. The summed E-state index contributed by atoms with van der Waals surface area (Å²) in [6.07, 6.45) is 3.34. The van der Waals surface area contributed by atoms with Gasteiger partial charge < -0.3 is 9.53 Å². The zero-order valence-electron chi connectivity index (χ0n) is 7.53. The first-order valence-corrected chi connectivity index (χ1v) is 5.30. The standard InChI is InChI=1S/C10H12O2S/c1-13-10-5-3-9(4-6-10)12-8-2-7-11/h3-7H,2,8H2,1H3. The predicted octanol–water partition coefficient (Wildman–Crippen LogP) is 2.38. The molecule has 0 atom stereocenters. The molecule has 0 unspecified atom stereocenters. The van der Waals surface area contributed by atoms with Gasteiger partial charge in [-0.15, -0.1) is 11.8 Å². The van der Waals surface area contributed by atoms with E-state index in [1.165, 1.54) is 4.90 Å². The summed E-state index contributed by atoms with van der Waals surface area (Å²) in [5.41, 5.74) is 0. The number of ether oxygens (including phenoxy) is 1. The fourth-order valence-corrected chi connectivity index (χ4v) is 1.31. The smallest absolute Gasteiger partial charge is 0.123 e. The Morgan fingerprint density at radius 3 is 2.62 bits per heavy atom. The van der Waals surface area contributed by atoms with Crippen molar-refractivity contribution in [3.05, 3.63) is 24.3 Å². The summed E-state index contributed by atoms with van der Waals surface area (Å²) < 4.78 is 5.31. The van der Waals surface area contributed by atoms with Crippen LogP contribution in [0.5, 0.6) is 5.75 Å². The Bertz CT molecular complexity index is 256. The monoisotopic (exact) mass is 196 g/mol. The molecule has 1 rings (SSSR count). The molecule has 0 heterocycles. The van der Waals surface area contributed by atoms with Crippen LogP contribution in [0.2, 0.25) is 0 Å². The number of benzene rings is 1. The number of hydrogen-bond donors (Lipinski definition) is 0. The van der Waals surface area contributed by atoms with E-state index < -0.39 is 0 Å². The summed E-state index contributed by atoms with van der Waals surface area (Å²) in [6, 6.07) is 7.83. The minimum absolute atomic E-state index is 0.449. The maximum atomic E-state index is 10.0. The van der Waals surface area contributed by atoms with E-state index in [0.717, 1.165) is 12.0 Å². The Labute approximate surface area is 82.3 Å². The molecule has 0 fully saturated rings. The van der Waals surface area contributed by atoms with E-state index in [1.54, 1.807) is 11.8 Å². The summed E-state index contributed by atoms with van der Waals surface area (Å²) in [4.78, 5) is 11.2. The van der Waals surface area contributed by atoms with E-state index in [1.807, 2.05) is 30.5 Å². The van der Waals surface area contributed by atoms with Crippen LogP contribution in [0.1, 0.15) is 6.42 Å². The average Bonchev–Trinajstić information content (AvgIpc) is 2.19. The Morgan fingerprint density at radius 1 is 1.38 bits per heavy atom. The molecule has 0 aliphatic heterocycles. The molecule has 0 aromatic heterocycles. The van der Waals surface area contributed by atoms with E-state index >= 15 is 0 Å². The van der Waals surface area contributed by atoms with Crippen LogP contribution < -0.4 is 4.74 Å². The third-order valence-electron chi connectivity index (χ3n) is 1.56. The fraction of sp³-hybridized carbons (Fsp3) is 0.300. The van der Waals surface area contributed by atoms with Crippen LogP contribution in [0.3, 0.4) is 0 Å². The van der Waals surface area contributed by atoms with Crippen molar-refractivity contribution in [2.24, 2.45) is 0 Å². The summed E-state index contributed by atoms with van der Waals surface area (Å²) in [5, 5.41) is 0. The Balaban J connectivity index is 2.44. The molecule has 0 amide bonds. The van der Waals surface area contributed by atoms with Crippen LogP contribution in [0.4, 0.5) is 0 Å². The molecule has 2 nitrogen and oxygen atoms in total. The van der Waals surface area contributed by atoms with Gasteiger partial charge in [0.2, 0.25) is 0 Å². The fourth-order valence-electron chi connectivity index (χ4n) is 0.897. The first-order valence-electron chi connectivity index (χ1n) is 4.07. The minimum atomic E-state index is 0.449. The first kappa shape index (κ1) is 10.1. The van der Waals surface area contributed by atoms with E-state index in [2.05, 4.69) is 0 Å². The van der Waals surface area contributed by atoms with Crippen molar-refractivity contribution in [1.29, 1.82) is 0 Å². The van der Waals surface area contributed by atoms with Crippen LogP contribution in [-0.4, -0.2) is 19.1 Å². The van der Waals surface area contributed by atoms with Gasteiger partial charge in [0.25, 0.3) is 0 Å². The zero-order chi connectivity index (χ0) is 9.52. The van der Waals surface area contributed by atoms with Gasteiger partial charge in [0.1, 0.15) is 12.0 Å². The molecular formula is C10H12O2S. The van der Waals surface area contributed by atoms with Gasteiger partial charge in [0.05, 0.1) is 6.61 Å². The number of aldehydes is 1.